The average Bonchev–Trinajstić information content (AvgIpc) is 3.12. The quantitative estimate of drug-likeness (QED) is 0.0415. The summed E-state index contributed by atoms with van der Waals surface area (Å²) in [6, 6.07) is 7.44. The first-order valence-corrected chi connectivity index (χ1v) is 20.6. The lowest BCUT2D eigenvalue weighted by atomic mass is 10.1. The van der Waals surface area contributed by atoms with Gasteiger partial charge < -0.3 is 44.2 Å². The Bertz CT molecular complexity index is 1790. The number of rotatable bonds is 19. The molecule has 0 unspecified atom stereocenters. The van der Waals surface area contributed by atoms with Crippen LogP contribution in [0.1, 0.15) is 65.5 Å². The van der Waals surface area contributed by atoms with Crippen molar-refractivity contribution in [1.82, 2.24) is 10.6 Å². The molecule has 0 spiro atoms. The van der Waals surface area contributed by atoms with Gasteiger partial charge in [-0.15, -0.1) is 0 Å². The van der Waals surface area contributed by atoms with Gasteiger partial charge in [0.25, 0.3) is 0 Å². The van der Waals surface area contributed by atoms with Gasteiger partial charge in [-0.2, -0.15) is 23.5 Å². The molecule has 312 valence electrons. The van der Waals surface area contributed by atoms with Gasteiger partial charge in [0, 0.05) is 6.08 Å². The van der Waals surface area contributed by atoms with Gasteiger partial charge in [0.15, 0.2) is 28.8 Å². The summed E-state index contributed by atoms with van der Waals surface area (Å²) in [5.41, 5.74) is -0.390. The van der Waals surface area contributed by atoms with E-state index in [2.05, 4.69) is 10.6 Å². The van der Waals surface area contributed by atoms with Crippen LogP contribution in [-0.2, 0) is 23.9 Å². The number of hydrogen-bond donors (Lipinski definition) is 3. The van der Waals surface area contributed by atoms with Gasteiger partial charge in [-0.1, -0.05) is 24.3 Å². The Balaban J connectivity index is 2.11. The second kappa shape index (κ2) is 23.2. The van der Waals surface area contributed by atoms with Crippen LogP contribution < -0.4 is 29.6 Å². The minimum absolute atomic E-state index is 0.113. The van der Waals surface area contributed by atoms with Crippen LogP contribution in [0.4, 0.5) is 9.59 Å². The van der Waals surface area contributed by atoms with Gasteiger partial charge in [0.2, 0.25) is 0 Å². The molecular weight excluding hydrogens is 777 g/mol. The first-order chi connectivity index (χ1) is 26.8. The van der Waals surface area contributed by atoms with Crippen molar-refractivity contribution in [3.05, 3.63) is 71.5 Å². The number of aliphatic hydroxyl groups is 1. The van der Waals surface area contributed by atoms with Crippen molar-refractivity contribution in [3.63, 3.8) is 0 Å². The largest absolute Gasteiger partial charge is 0.508 e. The standard InChI is InChI=1S/C41H54N2O12S2/c1-40(2,3)54-38(48)42-30(19-21-56-9)36(46)52-32-17-13-26(23-34(32)50-7)11-15-28(44)25-29(45)16-12-27-14-18-33(35(24-27)51-8)53-37(47)31(20-22-57-10)43-39(49)55-41(4,5)6/h11-18,23-25,30-31,44H,19-22H2,1-10H3,(H,42,48)(H,43,49)/b15-11+,16-12+,28-25-/t30-,31-/m1/s1. The van der Waals surface area contributed by atoms with E-state index >= 15 is 0 Å². The molecule has 2 rings (SSSR count). The number of alkyl carbamates (subject to hydrolysis) is 2. The summed E-state index contributed by atoms with van der Waals surface area (Å²) >= 11 is 3.02. The maximum atomic E-state index is 13.0. The highest BCUT2D eigenvalue weighted by atomic mass is 32.2. The van der Waals surface area contributed by atoms with Crippen LogP contribution in [0.2, 0.25) is 0 Å². The van der Waals surface area contributed by atoms with Crippen molar-refractivity contribution in [1.29, 1.82) is 0 Å². The molecule has 16 heteroatoms. The highest BCUT2D eigenvalue weighted by Gasteiger charge is 2.28. The fourth-order valence-electron chi connectivity index (χ4n) is 4.57. The maximum absolute atomic E-state index is 13.0. The molecule has 3 N–H and O–H groups in total. The zero-order valence-corrected chi connectivity index (χ0v) is 35.7. The third-order valence-corrected chi connectivity index (χ3v) is 8.43. The summed E-state index contributed by atoms with van der Waals surface area (Å²) in [6.45, 7) is 10.3. The molecule has 0 bridgehead atoms. The van der Waals surface area contributed by atoms with E-state index in [9.17, 15) is 29.1 Å². The van der Waals surface area contributed by atoms with Crippen LogP contribution in [0, 0.1) is 0 Å². The second-order valence-corrected chi connectivity index (χ2v) is 16.2. The molecule has 2 aromatic carbocycles. The minimum Gasteiger partial charge on any atom is -0.508 e. The van der Waals surface area contributed by atoms with Crippen LogP contribution >= 0.6 is 23.5 Å². The number of ether oxygens (including phenoxy) is 6. The molecule has 0 saturated heterocycles. The van der Waals surface area contributed by atoms with Crippen molar-refractivity contribution in [2.75, 3.05) is 38.2 Å². The van der Waals surface area contributed by atoms with Crippen molar-refractivity contribution in [3.8, 4) is 23.0 Å². The number of carbonyl (C=O) groups excluding carboxylic acids is 5. The second-order valence-electron chi connectivity index (χ2n) is 14.3. The number of benzene rings is 2. The molecule has 14 nitrogen and oxygen atoms in total. The summed E-state index contributed by atoms with van der Waals surface area (Å²) in [4.78, 5) is 63.4. The smallest absolute Gasteiger partial charge is 0.408 e. The van der Waals surface area contributed by atoms with E-state index in [0.717, 1.165) is 6.08 Å². The molecule has 57 heavy (non-hydrogen) atoms. The lowest BCUT2D eigenvalue weighted by molar-refractivity contribution is -0.137. The minimum atomic E-state index is -0.960. The van der Waals surface area contributed by atoms with E-state index in [1.54, 1.807) is 65.8 Å². The molecule has 0 aliphatic heterocycles. The van der Waals surface area contributed by atoms with Gasteiger partial charge >= 0.3 is 24.1 Å². The number of carbonyl (C=O) groups is 5. The number of allylic oxidation sites excluding steroid dienone is 3. The Hall–Kier alpha value is -5.09. The Labute approximate surface area is 343 Å². The van der Waals surface area contributed by atoms with Gasteiger partial charge in [-0.05, 0) is 126 Å². The van der Waals surface area contributed by atoms with E-state index in [1.165, 1.54) is 74.2 Å². The first-order valence-electron chi connectivity index (χ1n) is 17.8. The fraction of sp³-hybridized carbons (Fsp3) is 0.439. The van der Waals surface area contributed by atoms with Gasteiger partial charge in [0.1, 0.15) is 29.0 Å². The van der Waals surface area contributed by atoms with Crippen LogP contribution in [0.5, 0.6) is 23.0 Å². The molecule has 2 atom stereocenters. The number of methoxy groups -OCH3 is 2. The number of hydrogen-bond acceptors (Lipinski definition) is 14. The predicted octanol–water partition coefficient (Wildman–Crippen LogP) is 7.55. The molecule has 0 fully saturated rings. The van der Waals surface area contributed by atoms with Crippen LogP contribution in [0.15, 0.2) is 60.4 Å². The average molecular weight is 831 g/mol. The molecule has 0 aliphatic carbocycles. The monoisotopic (exact) mass is 830 g/mol. The molecule has 0 aliphatic rings. The first kappa shape index (κ1) is 48.1. The van der Waals surface area contributed by atoms with E-state index in [0.29, 0.717) is 35.5 Å². The van der Waals surface area contributed by atoms with Gasteiger partial charge in [-0.25, -0.2) is 19.2 Å². The molecular formula is C41H54N2O12S2. The molecule has 0 radical (unpaired) electrons. The fourth-order valence-corrected chi connectivity index (χ4v) is 5.52. The summed E-state index contributed by atoms with van der Waals surface area (Å²) < 4.78 is 32.6. The third kappa shape index (κ3) is 18.6. The van der Waals surface area contributed by atoms with Crippen molar-refractivity contribution < 1.29 is 57.5 Å². The SMILES string of the molecule is COc1cc(/C=C/C(=O)/C=C(O)/C=C/c2ccc(OC(=O)[C@@H](CCSC)NC(=O)OC(C)(C)C)c(OC)c2)ccc1OC(=O)[C@@H](CCSC)NC(=O)OC(C)(C)C. The number of aliphatic hydroxyl groups excluding tert-OH is 1. The zero-order valence-electron chi connectivity index (χ0n) is 34.1. The number of esters is 2. The lowest BCUT2D eigenvalue weighted by Crippen LogP contribution is -2.45. The molecule has 2 aromatic rings. The molecule has 0 aromatic heterocycles. The predicted molar refractivity (Wildman–Crippen MR) is 223 cm³/mol. The number of ketones is 1. The van der Waals surface area contributed by atoms with E-state index in [1.807, 2.05) is 12.5 Å². The van der Waals surface area contributed by atoms with Crippen LogP contribution in [0.3, 0.4) is 0 Å². The van der Waals surface area contributed by atoms with E-state index in [4.69, 9.17) is 28.4 Å². The number of thioether (sulfide) groups is 2. The molecule has 0 saturated carbocycles. The summed E-state index contributed by atoms with van der Waals surface area (Å²) in [5, 5.41) is 15.6. The van der Waals surface area contributed by atoms with Crippen molar-refractivity contribution in [2.24, 2.45) is 0 Å². The zero-order chi connectivity index (χ0) is 42.8. The maximum Gasteiger partial charge on any atom is 0.408 e. The Morgan fingerprint density at radius 1 is 0.667 bits per heavy atom. The normalized spacial score (nSPS) is 13.1. The topological polar surface area (TPSA) is 185 Å². The van der Waals surface area contributed by atoms with Crippen LogP contribution in [-0.4, -0.2) is 96.5 Å². The van der Waals surface area contributed by atoms with Gasteiger partial charge in [0.05, 0.1) is 14.2 Å². The third-order valence-electron chi connectivity index (χ3n) is 7.15. The molecule has 2 amide bonds. The summed E-state index contributed by atoms with van der Waals surface area (Å²) in [5.74, 6) is -0.405. The van der Waals surface area contributed by atoms with Gasteiger partial charge in [-0.3, -0.25) is 4.79 Å². The number of amides is 2. The van der Waals surface area contributed by atoms with Crippen molar-refractivity contribution >= 4 is 65.6 Å². The summed E-state index contributed by atoms with van der Waals surface area (Å²) in [7, 11) is 2.80. The van der Waals surface area contributed by atoms with Crippen molar-refractivity contribution in [2.45, 2.75) is 77.7 Å². The molecule has 0 heterocycles. The van der Waals surface area contributed by atoms with E-state index in [-0.39, 0.29) is 28.8 Å². The Morgan fingerprint density at radius 2 is 1.07 bits per heavy atom. The lowest BCUT2D eigenvalue weighted by Gasteiger charge is -2.23. The highest BCUT2D eigenvalue weighted by molar-refractivity contribution is 7.98. The Kier molecular flexibility index (Phi) is 19.6. The van der Waals surface area contributed by atoms with Crippen LogP contribution in [0.25, 0.3) is 12.2 Å². The highest BCUT2D eigenvalue weighted by Crippen LogP contribution is 2.30. The summed E-state index contributed by atoms with van der Waals surface area (Å²) in [6.07, 6.45) is 9.51. The Morgan fingerprint density at radius 3 is 1.44 bits per heavy atom. The van der Waals surface area contributed by atoms with E-state index < -0.39 is 53.2 Å². The number of nitrogens with one attached hydrogen (secondary N) is 2.